The molecule has 4 nitrogen and oxygen atoms in total. The van der Waals surface area contributed by atoms with Gasteiger partial charge in [-0.3, -0.25) is 5.10 Å². The van der Waals surface area contributed by atoms with Crippen molar-refractivity contribution >= 4 is 12.4 Å². The van der Waals surface area contributed by atoms with Gasteiger partial charge < -0.3 is 5.32 Å². The maximum atomic E-state index is 15.0. The summed E-state index contributed by atoms with van der Waals surface area (Å²) in [5.74, 6) is 1.35. The SMILES string of the molecule is Cl.Fc1c(CNCCC2CCCCC2)cccc1-c1ccc(-c2nc[nH]n2)cc1. The highest BCUT2D eigenvalue weighted by Crippen LogP contribution is 2.28. The zero-order chi connectivity index (χ0) is 19.2. The second-order valence-electron chi connectivity index (χ2n) is 7.65. The molecule has 0 aliphatic heterocycles. The molecule has 0 atom stereocenters. The summed E-state index contributed by atoms with van der Waals surface area (Å²) in [5.41, 5.74) is 3.12. The molecule has 1 aliphatic carbocycles. The summed E-state index contributed by atoms with van der Waals surface area (Å²) < 4.78 is 15.0. The largest absolute Gasteiger partial charge is 0.313 e. The smallest absolute Gasteiger partial charge is 0.180 e. The first-order chi connectivity index (χ1) is 13.8. The topological polar surface area (TPSA) is 53.6 Å². The van der Waals surface area contributed by atoms with Crippen LogP contribution in [0.15, 0.2) is 48.8 Å². The molecule has 0 unspecified atom stereocenters. The van der Waals surface area contributed by atoms with Crippen molar-refractivity contribution in [1.82, 2.24) is 20.5 Å². The highest BCUT2D eigenvalue weighted by atomic mass is 35.5. The molecule has 3 aromatic rings. The molecule has 0 saturated heterocycles. The van der Waals surface area contributed by atoms with E-state index in [1.54, 1.807) is 6.33 Å². The number of benzene rings is 2. The predicted molar refractivity (Wildman–Crippen MR) is 117 cm³/mol. The molecule has 1 aliphatic rings. The normalized spacial score (nSPS) is 14.5. The molecule has 29 heavy (non-hydrogen) atoms. The van der Waals surface area contributed by atoms with Crippen LogP contribution < -0.4 is 5.32 Å². The van der Waals surface area contributed by atoms with E-state index in [0.717, 1.165) is 29.2 Å². The number of halogens is 2. The van der Waals surface area contributed by atoms with Gasteiger partial charge >= 0.3 is 0 Å². The Balaban J connectivity index is 0.00000240. The fourth-order valence-electron chi connectivity index (χ4n) is 4.09. The summed E-state index contributed by atoms with van der Waals surface area (Å²) in [4.78, 5) is 4.15. The maximum Gasteiger partial charge on any atom is 0.180 e. The Morgan fingerprint density at radius 2 is 1.76 bits per heavy atom. The average molecular weight is 415 g/mol. The minimum atomic E-state index is -0.140. The van der Waals surface area contributed by atoms with Crippen LogP contribution in [0.5, 0.6) is 0 Å². The predicted octanol–water partition coefficient (Wildman–Crippen LogP) is 5.76. The number of rotatable bonds is 7. The van der Waals surface area contributed by atoms with E-state index in [1.807, 2.05) is 42.5 Å². The number of nitrogens with zero attached hydrogens (tertiary/aromatic N) is 2. The van der Waals surface area contributed by atoms with E-state index in [-0.39, 0.29) is 18.2 Å². The lowest BCUT2D eigenvalue weighted by Crippen LogP contribution is -2.19. The van der Waals surface area contributed by atoms with Crippen molar-refractivity contribution in [2.75, 3.05) is 6.54 Å². The van der Waals surface area contributed by atoms with Gasteiger partial charge in [0.1, 0.15) is 12.1 Å². The van der Waals surface area contributed by atoms with Crippen LogP contribution in [0.4, 0.5) is 4.39 Å². The molecule has 1 saturated carbocycles. The fourth-order valence-corrected chi connectivity index (χ4v) is 4.09. The molecule has 4 rings (SSSR count). The van der Waals surface area contributed by atoms with E-state index in [1.165, 1.54) is 38.5 Å². The lowest BCUT2D eigenvalue weighted by molar-refractivity contribution is 0.333. The summed E-state index contributed by atoms with van der Waals surface area (Å²) in [5, 5.41) is 10.2. The first kappa shape index (κ1) is 21.5. The van der Waals surface area contributed by atoms with E-state index >= 15 is 4.39 Å². The van der Waals surface area contributed by atoms with E-state index < -0.39 is 0 Å². The van der Waals surface area contributed by atoms with Crippen LogP contribution in [-0.2, 0) is 6.54 Å². The van der Waals surface area contributed by atoms with E-state index in [0.29, 0.717) is 17.9 Å². The van der Waals surface area contributed by atoms with Crippen molar-refractivity contribution < 1.29 is 4.39 Å². The molecule has 0 bridgehead atoms. The van der Waals surface area contributed by atoms with Crippen LogP contribution in [0, 0.1) is 11.7 Å². The number of H-pyrrole nitrogens is 1. The van der Waals surface area contributed by atoms with Crippen LogP contribution in [0.25, 0.3) is 22.5 Å². The molecular weight excluding hydrogens is 387 g/mol. The molecule has 0 radical (unpaired) electrons. The molecule has 6 heteroatoms. The average Bonchev–Trinajstić information content (AvgIpc) is 3.28. The standard InChI is InChI=1S/C23H27FN4.ClH/c24-22-20(15-25-14-13-17-5-2-1-3-6-17)7-4-8-21(22)18-9-11-19(12-10-18)23-26-16-27-28-23;/h4,7-12,16-17,25H,1-3,5-6,13-15H2,(H,26,27,28);1H. The molecule has 154 valence electrons. The monoisotopic (exact) mass is 414 g/mol. The highest BCUT2D eigenvalue weighted by molar-refractivity contribution is 5.85. The molecule has 2 aromatic carbocycles. The molecule has 0 amide bonds. The minimum Gasteiger partial charge on any atom is -0.313 e. The van der Waals surface area contributed by atoms with Gasteiger partial charge in [0.15, 0.2) is 5.82 Å². The number of hydrogen-bond donors (Lipinski definition) is 2. The quantitative estimate of drug-likeness (QED) is 0.483. The first-order valence-electron chi connectivity index (χ1n) is 10.3. The highest BCUT2D eigenvalue weighted by Gasteiger charge is 2.13. The van der Waals surface area contributed by atoms with Crippen molar-refractivity contribution in [1.29, 1.82) is 0 Å². The van der Waals surface area contributed by atoms with E-state index in [4.69, 9.17) is 0 Å². The number of aromatic amines is 1. The third kappa shape index (κ3) is 5.43. The molecule has 1 aromatic heterocycles. The molecular formula is C23H28ClFN4. The molecule has 0 spiro atoms. The summed E-state index contributed by atoms with van der Waals surface area (Å²) >= 11 is 0. The lowest BCUT2D eigenvalue weighted by Gasteiger charge is -2.21. The van der Waals surface area contributed by atoms with Gasteiger partial charge in [-0.15, -0.1) is 12.4 Å². The second-order valence-corrected chi connectivity index (χ2v) is 7.65. The summed E-state index contributed by atoms with van der Waals surface area (Å²) in [7, 11) is 0. The third-order valence-corrected chi connectivity index (χ3v) is 5.72. The van der Waals surface area contributed by atoms with E-state index in [9.17, 15) is 0 Å². The van der Waals surface area contributed by atoms with Crippen molar-refractivity contribution in [3.8, 4) is 22.5 Å². The van der Waals surface area contributed by atoms with Crippen molar-refractivity contribution in [3.63, 3.8) is 0 Å². The third-order valence-electron chi connectivity index (χ3n) is 5.72. The molecule has 1 fully saturated rings. The van der Waals surface area contributed by atoms with Crippen molar-refractivity contribution in [2.24, 2.45) is 5.92 Å². The second kappa shape index (κ2) is 10.5. The van der Waals surface area contributed by atoms with E-state index in [2.05, 4.69) is 20.5 Å². The van der Waals surface area contributed by atoms with Gasteiger partial charge in [0.25, 0.3) is 0 Å². The van der Waals surface area contributed by atoms with Gasteiger partial charge in [-0.05, 0) is 24.4 Å². The van der Waals surface area contributed by atoms with Crippen molar-refractivity contribution in [2.45, 2.75) is 45.1 Å². The van der Waals surface area contributed by atoms with Crippen LogP contribution in [0.3, 0.4) is 0 Å². The Hall–Kier alpha value is -2.24. The first-order valence-corrected chi connectivity index (χ1v) is 10.3. The zero-order valence-electron chi connectivity index (χ0n) is 16.5. The molecule has 2 N–H and O–H groups in total. The van der Waals surface area contributed by atoms with Crippen LogP contribution >= 0.6 is 12.4 Å². The molecule has 1 heterocycles. The van der Waals surface area contributed by atoms with Gasteiger partial charge in [-0.25, -0.2) is 9.37 Å². The summed E-state index contributed by atoms with van der Waals surface area (Å²) in [6.07, 6.45) is 9.59. The Morgan fingerprint density at radius 1 is 1.00 bits per heavy atom. The maximum absolute atomic E-state index is 15.0. The Labute approximate surface area is 177 Å². The van der Waals surface area contributed by atoms with Crippen LogP contribution in [0.2, 0.25) is 0 Å². The van der Waals surface area contributed by atoms with Gasteiger partial charge in [0.2, 0.25) is 0 Å². The number of hydrogen-bond acceptors (Lipinski definition) is 3. The van der Waals surface area contributed by atoms with Gasteiger partial charge in [0, 0.05) is 23.2 Å². The van der Waals surface area contributed by atoms with Gasteiger partial charge in [-0.1, -0.05) is 74.6 Å². The van der Waals surface area contributed by atoms with Gasteiger partial charge in [-0.2, -0.15) is 5.10 Å². The van der Waals surface area contributed by atoms with Gasteiger partial charge in [0.05, 0.1) is 0 Å². The van der Waals surface area contributed by atoms with Crippen LogP contribution in [0.1, 0.15) is 44.1 Å². The Kier molecular flexibility index (Phi) is 7.78. The Bertz CT molecular complexity index is 874. The zero-order valence-corrected chi connectivity index (χ0v) is 17.4. The summed E-state index contributed by atoms with van der Waals surface area (Å²) in [6.45, 7) is 1.53. The summed E-state index contributed by atoms with van der Waals surface area (Å²) in [6, 6.07) is 13.3. The van der Waals surface area contributed by atoms with Crippen molar-refractivity contribution in [3.05, 3.63) is 60.2 Å². The lowest BCUT2D eigenvalue weighted by atomic mass is 9.87. The minimum absolute atomic E-state index is 0. The fraction of sp³-hybridized carbons (Fsp3) is 0.391. The number of aromatic nitrogens is 3. The number of nitrogens with one attached hydrogen (secondary N) is 2. The van der Waals surface area contributed by atoms with Crippen LogP contribution in [-0.4, -0.2) is 21.7 Å². The Morgan fingerprint density at radius 3 is 2.48 bits per heavy atom.